The molecule has 3 rings (SSSR count). The minimum Gasteiger partial charge on any atom is -0.457 e. The van der Waals surface area contributed by atoms with Gasteiger partial charge in [-0.15, -0.1) is 13.2 Å². The summed E-state index contributed by atoms with van der Waals surface area (Å²) >= 11 is 0. The molecule has 0 aliphatic rings. The van der Waals surface area contributed by atoms with Gasteiger partial charge in [-0.2, -0.15) is 0 Å². The Morgan fingerprint density at radius 3 is 2.47 bits per heavy atom. The zero-order valence-electron chi connectivity index (χ0n) is 15.5. The first-order valence-corrected chi connectivity index (χ1v) is 8.48. The largest absolute Gasteiger partial charge is 0.573 e. The highest BCUT2D eigenvalue weighted by Crippen LogP contribution is 2.31. The molecule has 1 heterocycles. The van der Waals surface area contributed by atoms with Gasteiger partial charge in [0, 0.05) is 23.5 Å². The van der Waals surface area contributed by atoms with E-state index in [1.54, 1.807) is 31.2 Å². The van der Waals surface area contributed by atoms with Crippen LogP contribution in [0.25, 0.3) is 0 Å². The predicted octanol–water partition coefficient (Wildman–Crippen LogP) is 5.05. The highest BCUT2D eigenvalue weighted by atomic mass is 19.4. The minimum absolute atomic E-state index is 0.0579. The van der Waals surface area contributed by atoms with Crippen LogP contribution in [0.2, 0.25) is 0 Å². The van der Waals surface area contributed by atoms with Crippen LogP contribution in [0, 0.1) is 12.7 Å². The van der Waals surface area contributed by atoms with Crippen molar-refractivity contribution in [2.24, 2.45) is 0 Å². The molecule has 0 atom stereocenters. The maximum Gasteiger partial charge on any atom is 0.573 e. The maximum atomic E-state index is 13.8. The molecule has 10 heteroatoms. The van der Waals surface area contributed by atoms with E-state index in [2.05, 4.69) is 15.0 Å². The van der Waals surface area contributed by atoms with Gasteiger partial charge in [0.1, 0.15) is 17.3 Å². The lowest BCUT2D eigenvalue weighted by Crippen LogP contribution is -2.17. The number of nitrogens with zero attached hydrogens (tertiary/aromatic N) is 1. The number of carbonyl (C=O) groups excluding carboxylic acids is 1. The van der Waals surface area contributed by atoms with E-state index in [1.165, 1.54) is 12.1 Å². The van der Waals surface area contributed by atoms with Gasteiger partial charge in [-0.3, -0.25) is 4.79 Å². The Labute approximate surface area is 168 Å². The zero-order valence-corrected chi connectivity index (χ0v) is 15.5. The molecule has 3 N–H and O–H groups in total. The van der Waals surface area contributed by atoms with E-state index in [1.807, 2.05) is 0 Å². The number of nitrogens with one attached hydrogen (secondary N) is 1. The molecule has 1 aromatic heterocycles. The van der Waals surface area contributed by atoms with Crippen LogP contribution in [-0.2, 0) is 0 Å². The standard InChI is InChI=1S/C20H15F4N3O3/c1-11-5-7-15(18(25)26-11)19(28)27-12-3-2-4-13(9-12)29-14-6-8-17(16(21)10-14)30-20(22,23)24/h2-10H,1H3,(H2,25,26)(H,27,28). The van der Waals surface area contributed by atoms with E-state index in [0.29, 0.717) is 11.4 Å². The predicted molar refractivity (Wildman–Crippen MR) is 101 cm³/mol. The van der Waals surface area contributed by atoms with Crippen LogP contribution in [0.1, 0.15) is 16.1 Å². The SMILES string of the molecule is Cc1ccc(C(=O)Nc2cccc(Oc3ccc(OC(F)(F)F)c(F)c3)c2)c(N)n1. The molecule has 30 heavy (non-hydrogen) atoms. The first-order valence-electron chi connectivity index (χ1n) is 8.48. The van der Waals surface area contributed by atoms with Crippen molar-refractivity contribution < 1.29 is 31.8 Å². The third-order valence-electron chi connectivity index (χ3n) is 3.77. The molecular weight excluding hydrogens is 406 g/mol. The normalized spacial score (nSPS) is 11.1. The van der Waals surface area contributed by atoms with Crippen molar-refractivity contribution in [2.45, 2.75) is 13.3 Å². The van der Waals surface area contributed by atoms with Crippen molar-refractivity contribution in [3.8, 4) is 17.2 Å². The summed E-state index contributed by atoms with van der Waals surface area (Å²) < 4.78 is 59.5. The first-order chi connectivity index (χ1) is 14.1. The monoisotopic (exact) mass is 421 g/mol. The molecule has 0 aliphatic heterocycles. The van der Waals surface area contributed by atoms with Gasteiger partial charge < -0.3 is 20.5 Å². The lowest BCUT2D eigenvalue weighted by molar-refractivity contribution is -0.275. The zero-order chi connectivity index (χ0) is 21.9. The molecule has 156 valence electrons. The Hall–Kier alpha value is -3.82. The molecule has 0 spiro atoms. The molecule has 0 bridgehead atoms. The molecule has 0 unspecified atom stereocenters. The molecule has 3 aromatic rings. The number of rotatable bonds is 5. The minimum atomic E-state index is -5.01. The second-order valence-corrected chi connectivity index (χ2v) is 6.11. The number of amides is 1. The van der Waals surface area contributed by atoms with Crippen molar-refractivity contribution in [1.29, 1.82) is 0 Å². The quantitative estimate of drug-likeness (QED) is 0.563. The number of anilines is 2. The number of nitrogens with two attached hydrogens (primary N) is 1. The molecule has 2 aromatic carbocycles. The van der Waals surface area contributed by atoms with Gasteiger partial charge >= 0.3 is 6.36 Å². The summed E-state index contributed by atoms with van der Waals surface area (Å²) in [5.41, 5.74) is 6.97. The van der Waals surface area contributed by atoms with E-state index >= 15 is 0 Å². The Kier molecular flexibility index (Phi) is 5.77. The number of carbonyl (C=O) groups is 1. The van der Waals surface area contributed by atoms with Crippen LogP contribution in [0.3, 0.4) is 0 Å². The molecule has 0 saturated heterocycles. The molecule has 0 aliphatic carbocycles. The summed E-state index contributed by atoms with van der Waals surface area (Å²) in [6.07, 6.45) is -5.01. The third-order valence-corrected chi connectivity index (χ3v) is 3.77. The second kappa shape index (κ2) is 8.27. The van der Waals surface area contributed by atoms with Gasteiger partial charge in [-0.05, 0) is 43.3 Å². The molecule has 6 nitrogen and oxygen atoms in total. The summed E-state index contributed by atoms with van der Waals surface area (Å²) in [4.78, 5) is 16.4. The lowest BCUT2D eigenvalue weighted by atomic mass is 10.2. The van der Waals surface area contributed by atoms with Crippen LogP contribution in [0.4, 0.5) is 29.1 Å². The molecule has 0 fully saturated rings. The number of ether oxygens (including phenoxy) is 2. The van der Waals surface area contributed by atoms with Crippen LogP contribution < -0.4 is 20.5 Å². The fraction of sp³-hybridized carbons (Fsp3) is 0.100. The van der Waals surface area contributed by atoms with E-state index in [-0.39, 0.29) is 22.9 Å². The number of hydrogen-bond acceptors (Lipinski definition) is 5. The fourth-order valence-corrected chi connectivity index (χ4v) is 2.49. The molecule has 0 radical (unpaired) electrons. The van der Waals surface area contributed by atoms with Crippen LogP contribution in [0.5, 0.6) is 17.2 Å². The molecule has 0 saturated carbocycles. The van der Waals surface area contributed by atoms with Crippen molar-refractivity contribution >= 4 is 17.4 Å². The van der Waals surface area contributed by atoms with Crippen LogP contribution in [0.15, 0.2) is 54.6 Å². The topological polar surface area (TPSA) is 86.5 Å². The number of aryl methyl sites for hydroxylation is 1. The third kappa shape index (κ3) is 5.37. The van der Waals surface area contributed by atoms with E-state index in [4.69, 9.17) is 10.5 Å². The van der Waals surface area contributed by atoms with Gasteiger partial charge in [-0.25, -0.2) is 9.37 Å². The smallest absolute Gasteiger partial charge is 0.457 e. The fourth-order valence-electron chi connectivity index (χ4n) is 2.49. The van der Waals surface area contributed by atoms with Gasteiger partial charge in [-0.1, -0.05) is 6.07 Å². The van der Waals surface area contributed by atoms with Gasteiger partial charge in [0.2, 0.25) is 0 Å². The summed E-state index contributed by atoms with van der Waals surface area (Å²) in [7, 11) is 0. The van der Waals surface area contributed by atoms with Gasteiger partial charge in [0.05, 0.1) is 5.56 Å². The van der Waals surface area contributed by atoms with Crippen LogP contribution >= 0.6 is 0 Å². The van der Waals surface area contributed by atoms with E-state index in [9.17, 15) is 22.4 Å². The van der Waals surface area contributed by atoms with Crippen molar-refractivity contribution in [3.05, 3.63) is 71.7 Å². The first kappa shape index (κ1) is 20.9. The van der Waals surface area contributed by atoms with E-state index < -0.39 is 23.8 Å². The maximum absolute atomic E-state index is 13.8. The Morgan fingerprint density at radius 2 is 1.80 bits per heavy atom. The number of hydrogen-bond donors (Lipinski definition) is 2. The Balaban J connectivity index is 1.73. The number of aromatic nitrogens is 1. The Morgan fingerprint density at radius 1 is 1.07 bits per heavy atom. The van der Waals surface area contributed by atoms with Crippen molar-refractivity contribution in [3.63, 3.8) is 0 Å². The lowest BCUT2D eigenvalue weighted by Gasteiger charge is -2.12. The van der Waals surface area contributed by atoms with Crippen LogP contribution in [-0.4, -0.2) is 17.3 Å². The highest BCUT2D eigenvalue weighted by Gasteiger charge is 2.32. The summed E-state index contributed by atoms with van der Waals surface area (Å²) in [6.45, 7) is 1.74. The van der Waals surface area contributed by atoms with Crippen molar-refractivity contribution in [2.75, 3.05) is 11.1 Å². The molecular formula is C20H15F4N3O3. The number of benzene rings is 2. The number of alkyl halides is 3. The second-order valence-electron chi connectivity index (χ2n) is 6.11. The summed E-state index contributed by atoms with van der Waals surface area (Å²) in [5.74, 6) is -2.46. The summed E-state index contributed by atoms with van der Waals surface area (Å²) in [6, 6.07) is 12.0. The number of nitrogen functional groups attached to an aromatic ring is 1. The average Bonchev–Trinajstić information content (AvgIpc) is 2.63. The number of pyridine rings is 1. The van der Waals surface area contributed by atoms with E-state index in [0.717, 1.165) is 18.2 Å². The summed E-state index contributed by atoms with van der Waals surface area (Å²) in [5, 5.41) is 2.63. The van der Waals surface area contributed by atoms with Gasteiger partial charge in [0.25, 0.3) is 5.91 Å². The average molecular weight is 421 g/mol. The Bertz CT molecular complexity index is 1090. The van der Waals surface area contributed by atoms with Gasteiger partial charge in [0.15, 0.2) is 11.6 Å². The number of halogens is 4. The molecule has 1 amide bonds. The highest BCUT2D eigenvalue weighted by molar-refractivity contribution is 6.07. The van der Waals surface area contributed by atoms with Crippen molar-refractivity contribution in [1.82, 2.24) is 4.98 Å².